The number of esters is 1. The molecule has 2 amide bonds. The monoisotopic (exact) mass is 503 g/mol. The van der Waals surface area contributed by atoms with Gasteiger partial charge in [-0.25, -0.2) is 0 Å². The number of hydrogen-bond acceptors (Lipinski definition) is 7. The molecule has 3 heterocycles. The van der Waals surface area contributed by atoms with Gasteiger partial charge in [-0.05, 0) is 64.3 Å². The minimum Gasteiger partial charge on any atom is -0.466 e. The SMILES string of the molecule is CCOC(=O)[C@@H]1[C@@H]2CC(C)C3(S2)C(C(=O)Nc2ccc(N(CC)CC)cc2)N([C@H](C)CO)C(=O)[C@H]13. The summed E-state index contributed by atoms with van der Waals surface area (Å²) < 4.78 is 4.62. The van der Waals surface area contributed by atoms with Crippen molar-refractivity contribution < 1.29 is 24.2 Å². The zero-order valence-corrected chi connectivity index (χ0v) is 22.0. The summed E-state index contributed by atoms with van der Waals surface area (Å²) in [7, 11) is 0. The van der Waals surface area contributed by atoms with Gasteiger partial charge in [0.15, 0.2) is 0 Å². The van der Waals surface area contributed by atoms with E-state index in [0.717, 1.165) is 25.2 Å². The molecule has 3 aliphatic rings. The number of hydrogen-bond donors (Lipinski definition) is 2. The normalized spacial score (nSPS) is 31.9. The van der Waals surface area contributed by atoms with Crippen LogP contribution < -0.4 is 10.2 Å². The molecule has 3 aliphatic heterocycles. The molecular weight excluding hydrogens is 466 g/mol. The number of ether oxygens (including phenoxy) is 1. The first-order valence-corrected chi connectivity index (χ1v) is 13.6. The van der Waals surface area contributed by atoms with E-state index < -0.39 is 28.7 Å². The van der Waals surface area contributed by atoms with Gasteiger partial charge in [0.25, 0.3) is 0 Å². The quantitative estimate of drug-likeness (QED) is 0.500. The van der Waals surface area contributed by atoms with Crippen LogP contribution in [0.3, 0.4) is 0 Å². The Labute approximate surface area is 211 Å². The summed E-state index contributed by atoms with van der Waals surface area (Å²) >= 11 is 1.60. The third-order valence-electron chi connectivity index (χ3n) is 7.99. The van der Waals surface area contributed by atoms with Crippen LogP contribution in [0.2, 0.25) is 0 Å². The van der Waals surface area contributed by atoms with Gasteiger partial charge in [0.05, 0.1) is 35.8 Å². The predicted octanol–water partition coefficient (Wildman–Crippen LogP) is 2.75. The number of carbonyl (C=O) groups excluding carboxylic acids is 3. The Balaban J connectivity index is 1.67. The Morgan fingerprint density at radius 2 is 1.91 bits per heavy atom. The lowest BCUT2D eigenvalue weighted by Gasteiger charge is -2.39. The molecule has 1 spiro atoms. The highest BCUT2D eigenvalue weighted by Gasteiger charge is 2.76. The van der Waals surface area contributed by atoms with Crippen LogP contribution in [0.4, 0.5) is 11.4 Å². The Bertz CT molecular complexity index is 968. The van der Waals surface area contributed by atoms with Gasteiger partial charge in [-0.1, -0.05) is 6.92 Å². The molecule has 192 valence electrons. The number of rotatable bonds is 9. The summed E-state index contributed by atoms with van der Waals surface area (Å²) in [4.78, 5) is 44.3. The molecule has 0 radical (unpaired) electrons. The zero-order chi connectivity index (χ0) is 25.5. The molecule has 3 fully saturated rings. The van der Waals surface area contributed by atoms with Gasteiger partial charge in [-0.15, -0.1) is 11.8 Å². The molecular formula is C26H37N3O5S. The Morgan fingerprint density at radius 1 is 1.26 bits per heavy atom. The second-order valence-corrected chi connectivity index (χ2v) is 11.3. The predicted molar refractivity (Wildman–Crippen MR) is 137 cm³/mol. The Kier molecular flexibility index (Phi) is 7.38. The first-order chi connectivity index (χ1) is 16.7. The average molecular weight is 504 g/mol. The molecule has 3 unspecified atom stereocenters. The van der Waals surface area contributed by atoms with Crippen LogP contribution in [0.25, 0.3) is 0 Å². The number of anilines is 2. The van der Waals surface area contributed by atoms with Crippen molar-refractivity contribution in [3.8, 4) is 0 Å². The summed E-state index contributed by atoms with van der Waals surface area (Å²) in [5, 5.41) is 12.9. The summed E-state index contributed by atoms with van der Waals surface area (Å²) in [6, 6.07) is 6.38. The van der Waals surface area contributed by atoms with E-state index in [1.165, 1.54) is 4.90 Å². The zero-order valence-electron chi connectivity index (χ0n) is 21.2. The van der Waals surface area contributed by atoms with E-state index in [1.807, 2.05) is 24.3 Å². The number of nitrogens with one attached hydrogen (secondary N) is 1. The third kappa shape index (κ3) is 4.00. The number of aliphatic hydroxyl groups excluding tert-OH is 1. The molecule has 8 nitrogen and oxygen atoms in total. The lowest BCUT2D eigenvalue weighted by Crippen LogP contribution is -2.56. The molecule has 3 saturated heterocycles. The van der Waals surface area contributed by atoms with E-state index in [9.17, 15) is 19.5 Å². The van der Waals surface area contributed by atoms with Crippen molar-refractivity contribution in [2.75, 3.05) is 36.5 Å². The maximum absolute atomic E-state index is 13.9. The summed E-state index contributed by atoms with van der Waals surface area (Å²) in [6.07, 6.45) is 0.752. The smallest absolute Gasteiger partial charge is 0.310 e. The molecule has 0 saturated carbocycles. The van der Waals surface area contributed by atoms with Gasteiger partial charge < -0.3 is 25.0 Å². The highest BCUT2D eigenvalue weighted by atomic mass is 32.2. The molecule has 9 heteroatoms. The van der Waals surface area contributed by atoms with Crippen molar-refractivity contribution in [1.82, 2.24) is 4.90 Å². The fraction of sp³-hybridized carbons (Fsp3) is 0.654. The van der Waals surface area contributed by atoms with Gasteiger partial charge in [-0.2, -0.15) is 0 Å². The van der Waals surface area contributed by atoms with Crippen molar-refractivity contribution >= 4 is 40.9 Å². The van der Waals surface area contributed by atoms with Gasteiger partial charge in [0, 0.05) is 29.7 Å². The average Bonchev–Trinajstić information content (AvgIpc) is 3.44. The first kappa shape index (κ1) is 25.8. The number of nitrogens with zero attached hydrogens (tertiary/aromatic N) is 2. The summed E-state index contributed by atoms with van der Waals surface area (Å²) in [5.74, 6) is -2.00. The minimum atomic E-state index is -0.783. The summed E-state index contributed by atoms with van der Waals surface area (Å²) in [5.41, 5.74) is 1.73. The number of benzene rings is 1. The number of likely N-dealkylation sites (tertiary alicyclic amines) is 1. The van der Waals surface area contributed by atoms with Crippen LogP contribution in [0.1, 0.15) is 41.0 Å². The maximum atomic E-state index is 13.9. The van der Waals surface area contributed by atoms with Crippen molar-refractivity contribution in [2.24, 2.45) is 17.8 Å². The van der Waals surface area contributed by atoms with Crippen LogP contribution in [0.5, 0.6) is 0 Å². The number of thioether (sulfide) groups is 1. The van der Waals surface area contributed by atoms with Crippen molar-refractivity contribution in [3.63, 3.8) is 0 Å². The van der Waals surface area contributed by atoms with E-state index in [4.69, 9.17) is 4.74 Å². The van der Waals surface area contributed by atoms with Crippen LogP contribution in [-0.4, -0.2) is 76.2 Å². The fourth-order valence-electron chi connectivity index (χ4n) is 6.38. The second kappa shape index (κ2) is 10.0. The van der Waals surface area contributed by atoms with Gasteiger partial charge >= 0.3 is 5.97 Å². The van der Waals surface area contributed by atoms with Crippen LogP contribution in [0.15, 0.2) is 24.3 Å². The van der Waals surface area contributed by atoms with Crippen molar-refractivity contribution in [2.45, 2.75) is 63.1 Å². The largest absolute Gasteiger partial charge is 0.466 e. The van der Waals surface area contributed by atoms with Crippen LogP contribution in [-0.2, 0) is 19.1 Å². The van der Waals surface area contributed by atoms with Crippen LogP contribution in [0, 0.1) is 17.8 Å². The van der Waals surface area contributed by atoms with Gasteiger partial charge in [-0.3, -0.25) is 14.4 Å². The minimum absolute atomic E-state index is 0.0479. The number of amides is 2. The summed E-state index contributed by atoms with van der Waals surface area (Å²) in [6.45, 7) is 11.5. The fourth-order valence-corrected chi connectivity index (χ4v) is 8.78. The standard InChI is InChI=1S/C26H37N3O5S/c1-6-28(7-2)18-11-9-17(10-12-18)27-23(31)22-26-15(4)13-19(35-26)20(25(33)34-8-3)21(26)24(32)29(22)16(5)14-30/h9-12,15-16,19-22,30H,6-8,13-14H2,1-5H3,(H,27,31)/t15?,16-,19+,20-,21+,22?,26?/m1/s1. The molecule has 1 aromatic carbocycles. The molecule has 2 N–H and O–H groups in total. The number of fused-ring (bicyclic) bond motifs is 1. The molecule has 1 aromatic rings. The maximum Gasteiger partial charge on any atom is 0.310 e. The lowest BCUT2D eigenvalue weighted by atomic mass is 9.66. The third-order valence-corrected chi connectivity index (χ3v) is 10.1. The van der Waals surface area contributed by atoms with E-state index in [0.29, 0.717) is 5.69 Å². The van der Waals surface area contributed by atoms with E-state index in [-0.39, 0.29) is 42.2 Å². The number of aliphatic hydroxyl groups is 1. The molecule has 4 rings (SSSR count). The van der Waals surface area contributed by atoms with Crippen LogP contribution >= 0.6 is 11.8 Å². The van der Waals surface area contributed by atoms with Gasteiger partial charge in [0.2, 0.25) is 11.8 Å². The first-order valence-electron chi connectivity index (χ1n) is 12.7. The number of carbonyl (C=O) groups is 3. The van der Waals surface area contributed by atoms with E-state index in [1.54, 1.807) is 25.6 Å². The van der Waals surface area contributed by atoms with Gasteiger partial charge in [0.1, 0.15) is 6.04 Å². The Hall–Kier alpha value is -2.26. The molecule has 35 heavy (non-hydrogen) atoms. The lowest BCUT2D eigenvalue weighted by molar-refractivity contribution is -0.154. The van der Waals surface area contributed by atoms with E-state index in [2.05, 4.69) is 31.0 Å². The highest BCUT2D eigenvalue weighted by molar-refractivity contribution is 8.02. The highest BCUT2D eigenvalue weighted by Crippen LogP contribution is 2.68. The van der Waals surface area contributed by atoms with Crippen molar-refractivity contribution in [3.05, 3.63) is 24.3 Å². The molecule has 0 aromatic heterocycles. The van der Waals surface area contributed by atoms with E-state index >= 15 is 0 Å². The van der Waals surface area contributed by atoms with Crippen molar-refractivity contribution in [1.29, 1.82) is 0 Å². The Morgan fingerprint density at radius 3 is 2.49 bits per heavy atom. The molecule has 0 aliphatic carbocycles. The molecule has 2 bridgehead atoms. The second-order valence-electron chi connectivity index (χ2n) is 9.79. The topological polar surface area (TPSA) is 99.2 Å². The molecule has 7 atom stereocenters.